The van der Waals surface area contributed by atoms with Crippen LogP contribution in [0.5, 0.6) is 0 Å². The average molecular weight is 352 g/mol. The molecule has 2 fully saturated rings. The maximum Gasteiger partial charge on any atom is 0.331 e. The number of aromatic nitrogens is 2. The second kappa shape index (κ2) is 5.34. The molecule has 1 saturated heterocycles. The summed E-state index contributed by atoms with van der Waals surface area (Å²) in [5.74, 6) is -0.0369. The summed E-state index contributed by atoms with van der Waals surface area (Å²) in [6.07, 6.45) is 2.72. The summed E-state index contributed by atoms with van der Waals surface area (Å²) < 4.78 is 17.4. The third kappa shape index (κ3) is 2.19. The van der Waals surface area contributed by atoms with Gasteiger partial charge >= 0.3 is 5.69 Å². The van der Waals surface area contributed by atoms with Gasteiger partial charge in [0.2, 0.25) is 0 Å². The second-order valence-electron chi connectivity index (χ2n) is 7.00. The van der Waals surface area contributed by atoms with Crippen molar-refractivity contribution in [3.05, 3.63) is 37.7 Å². The molecule has 4 rings (SSSR count). The van der Waals surface area contributed by atoms with Gasteiger partial charge in [0.1, 0.15) is 5.82 Å². The molecule has 1 aliphatic heterocycles. The van der Waals surface area contributed by atoms with Crippen LogP contribution in [0.3, 0.4) is 0 Å². The Morgan fingerprint density at radius 2 is 1.96 bits per heavy atom. The van der Waals surface area contributed by atoms with Gasteiger partial charge in [0.15, 0.2) is 0 Å². The van der Waals surface area contributed by atoms with Crippen LogP contribution < -0.4 is 16.1 Å². The molecule has 128 valence electrons. The van der Waals surface area contributed by atoms with E-state index in [2.05, 4.69) is 6.92 Å². The van der Waals surface area contributed by atoms with E-state index in [-0.39, 0.29) is 22.1 Å². The molecular formula is C17H19ClFN3O2. The Morgan fingerprint density at radius 3 is 2.54 bits per heavy atom. The summed E-state index contributed by atoms with van der Waals surface area (Å²) in [6.45, 7) is 3.56. The van der Waals surface area contributed by atoms with Gasteiger partial charge in [0.05, 0.1) is 21.6 Å². The lowest BCUT2D eigenvalue weighted by Gasteiger charge is -2.23. The molecule has 0 bridgehead atoms. The van der Waals surface area contributed by atoms with E-state index >= 15 is 0 Å². The Bertz CT molecular complexity index is 961. The van der Waals surface area contributed by atoms with E-state index in [1.165, 1.54) is 13.1 Å². The average Bonchev–Trinajstić information content (AvgIpc) is 3.28. The van der Waals surface area contributed by atoms with E-state index < -0.39 is 11.4 Å². The Kier molecular flexibility index (Phi) is 3.49. The van der Waals surface area contributed by atoms with Crippen LogP contribution in [0.15, 0.2) is 15.7 Å². The number of fused-ring (bicyclic) bond motifs is 1. The maximum absolute atomic E-state index is 14.8. The molecule has 2 aromatic rings. The molecule has 1 saturated carbocycles. The summed E-state index contributed by atoms with van der Waals surface area (Å²) in [5, 5.41) is 0.350. The van der Waals surface area contributed by atoms with Crippen LogP contribution in [0.4, 0.5) is 10.1 Å². The highest BCUT2D eigenvalue weighted by Gasteiger charge is 2.32. The molecule has 1 aliphatic carbocycles. The number of benzene rings is 1. The molecule has 5 nitrogen and oxygen atoms in total. The monoisotopic (exact) mass is 351 g/mol. The van der Waals surface area contributed by atoms with Crippen molar-refractivity contribution in [3.8, 4) is 0 Å². The number of hydrogen-bond donors (Lipinski definition) is 0. The van der Waals surface area contributed by atoms with Crippen molar-refractivity contribution in [1.29, 1.82) is 0 Å². The van der Waals surface area contributed by atoms with Gasteiger partial charge in [-0.2, -0.15) is 0 Å². The first-order valence-corrected chi connectivity index (χ1v) is 8.66. The first kappa shape index (κ1) is 15.7. The van der Waals surface area contributed by atoms with Gasteiger partial charge < -0.3 is 4.90 Å². The highest BCUT2D eigenvalue weighted by Crippen LogP contribution is 2.41. The van der Waals surface area contributed by atoms with Crippen molar-refractivity contribution in [2.24, 2.45) is 13.0 Å². The fourth-order valence-corrected chi connectivity index (χ4v) is 4.02. The largest absolute Gasteiger partial charge is 0.368 e. The van der Waals surface area contributed by atoms with Crippen LogP contribution in [-0.4, -0.2) is 22.2 Å². The van der Waals surface area contributed by atoms with Crippen molar-refractivity contribution in [1.82, 2.24) is 9.13 Å². The molecule has 0 amide bonds. The minimum absolute atomic E-state index is 0.0418. The molecule has 1 aromatic carbocycles. The van der Waals surface area contributed by atoms with Gasteiger partial charge in [-0.25, -0.2) is 9.18 Å². The topological polar surface area (TPSA) is 47.2 Å². The highest BCUT2D eigenvalue weighted by molar-refractivity contribution is 6.38. The smallest absolute Gasteiger partial charge is 0.331 e. The number of rotatable bonds is 2. The van der Waals surface area contributed by atoms with E-state index in [9.17, 15) is 14.0 Å². The van der Waals surface area contributed by atoms with Crippen molar-refractivity contribution in [2.45, 2.75) is 32.2 Å². The van der Waals surface area contributed by atoms with Crippen LogP contribution in [-0.2, 0) is 7.05 Å². The van der Waals surface area contributed by atoms with Gasteiger partial charge in [-0.3, -0.25) is 13.9 Å². The number of hydrogen-bond acceptors (Lipinski definition) is 3. The number of anilines is 1. The van der Waals surface area contributed by atoms with Crippen LogP contribution in [0.25, 0.3) is 10.9 Å². The molecule has 0 radical (unpaired) electrons. The Morgan fingerprint density at radius 1 is 1.25 bits per heavy atom. The van der Waals surface area contributed by atoms with Crippen molar-refractivity contribution in [2.75, 3.05) is 18.0 Å². The van der Waals surface area contributed by atoms with E-state index in [1.807, 2.05) is 4.90 Å². The summed E-state index contributed by atoms with van der Waals surface area (Å²) in [4.78, 5) is 26.9. The van der Waals surface area contributed by atoms with Gasteiger partial charge in [0, 0.05) is 26.2 Å². The minimum atomic E-state index is -0.506. The van der Waals surface area contributed by atoms with E-state index in [0.29, 0.717) is 17.1 Å². The van der Waals surface area contributed by atoms with E-state index in [4.69, 9.17) is 11.6 Å². The third-order valence-corrected chi connectivity index (χ3v) is 5.45. The van der Waals surface area contributed by atoms with Crippen LogP contribution in [0.2, 0.25) is 5.02 Å². The Labute approximate surface area is 143 Å². The predicted molar refractivity (Wildman–Crippen MR) is 92.7 cm³/mol. The Hall–Kier alpha value is -1.82. The SMILES string of the molecule is C[C@H]1CCN(c2c(F)cc3c(=O)n(C)c(=O)n(C4CC4)c3c2Cl)C1. The molecule has 2 heterocycles. The Balaban J connectivity index is 2.08. The lowest BCUT2D eigenvalue weighted by molar-refractivity contribution is 0.616. The lowest BCUT2D eigenvalue weighted by atomic mass is 10.1. The molecule has 0 spiro atoms. The molecule has 24 heavy (non-hydrogen) atoms. The second-order valence-corrected chi connectivity index (χ2v) is 7.38. The highest BCUT2D eigenvalue weighted by atomic mass is 35.5. The minimum Gasteiger partial charge on any atom is -0.368 e. The normalized spacial score (nSPS) is 21.0. The van der Waals surface area contributed by atoms with Gasteiger partial charge in [-0.1, -0.05) is 18.5 Å². The van der Waals surface area contributed by atoms with Gasteiger partial charge in [0.25, 0.3) is 5.56 Å². The first-order chi connectivity index (χ1) is 11.4. The number of halogens is 2. The molecule has 1 aromatic heterocycles. The van der Waals surface area contributed by atoms with E-state index in [0.717, 1.165) is 36.9 Å². The zero-order valence-electron chi connectivity index (χ0n) is 13.7. The summed E-state index contributed by atoms with van der Waals surface area (Å²) in [7, 11) is 1.42. The zero-order valence-corrected chi connectivity index (χ0v) is 14.4. The molecule has 0 unspecified atom stereocenters. The van der Waals surface area contributed by atoms with Crippen LogP contribution in [0.1, 0.15) is 32.2 Å². The molecular weight excluding hydrogens is 333 g/mol. The van der Waals surface area contributed by atoms with E-state index in [1.54, 1.807) is 4.57 Å². The molecule has 1 atom stereocenters. The lowest BCUT2D eigenvalue weighted by Crippen LogP contribution is -2.38. The quantitative estimate of drug-likeness (QED) is 0.835. The fraction of sp³-hybridized carbons (Fsp3) is 0.529. The molecule has 0 N–H and O–H groups in total. The molecule has 7 heteroatoms. The first-order valence-electron chi connectivity index (χ1n) is 8.28. The van der Waals surface area contributed by atoms with Gasteiger partial charge in [-0.15, -0.1) is 0 Å². The van der Waals surface area contributed by atoms with Crippen molar-refractivity contribution in [3.63, 3.8) is 0 Å². The fourth-order valence-electron chi connectivity index (χ4n) is 3.62. The third-order valence-electron chi connectivity index (χ3n) is 5.09. The maximum atomic E-state index is 14.8. The summed E-state index contributed by atoms with van der Waals surface area (Å²) in [6, 6.07) is 1.28. The summed E-state index contributed by atoms with van der Waals surface area (Å²) in [5.41, 5.74) is -0.197. The standard InChI is InChI=1S/C17H19ClFN3O2/c1-9-5-6-21(8-9)15-12(19)7-11-14(13(15)18)22(10-3-4-10)17(24)20(2)16(11)23/h7,9-10H,3-6,8H2,1-2H3/t9-/m0/s1. The number of nitrogens with zero attached hydrogens (tertiary/aromatic N) is 3. The predicted octanol–water partition coefficient (Wildman–Crippen LogP) is 2.67. The van der Waals surface area contributed by atoms with Crippen molar-refractivity contribution >= 4 is 28.2 Å². The summed E-state index contributed by atoms with van der Waals surface area (Å²) >= 11 is 6.56. The molecule has 2 aliphatic rings. The van der Waals surface area contributed by atoms with Crippen LogP contribution >= 0.6 is 11.6 Å². The zero-order chi connectivity index (χ0) is 17.2. The van der Waals surface area contributed by atoms with Crippen LogP contribution in [0, 0.1) is 11.7 Å². The van der Waals surface area contributed by atoms with Crippen molar-refractivity contribution < 1.29 is 4.39 Å². The van der Waals surface area contributed by atoms with Gasteiger partial charge in [-0.05, 0) is 31.2 Å².